The lowest BCUT2D eigenvalue weighted by Gasteiger charge is -2.25. The second-order valence-electron chi connectivity index (χ2n) is 6.85. The second-order valence-corrected chi connectivity index (χ2v) is 7.76. The molecule has 1 aliphatic heterocycles. The van der Waals surface area contributed by atoms with Crippen LogP contribution in [0.1, 0.15) is 22.8 Å². The normalized spacial score (nSPS) is 15.2. The minimum atomic E-state index is -0.115. The lowest BCUT2D eigenvalue weighted by atomic mass is 9.88. The van der Waals surface area contributed by atoms with Crippen LogP contribution in [-0.2, 0) is 4.79 Å². The second kappa shape index (κ2) is 8.28. The molecule has 1 aromatic heterocycles. The van der Waals surface area contributed by atoms with Gasteiger partial charge in [-0.2, -0.15) is 0 Å². The van der Waals surface area contributed by atoms with Crippen molar-refractivity contribution in [2.24, 2.45) is 0 Å². The lowest BCUT2D eigenvalue weighted by Crippen LogP contribution is -2.22. The molecule has 1 atom stereocenters. The zero-order valence-electron chi connectivity index (χ0n) is 17.3. The maximum Gasteiger partial charge on any atom is 0.225 e. The molecule has 0 radical (unpaired) electrons. The average molecular weight is 426 g/mol. The summed E-state index contributed by atoms with van der Waals surface area (Å²) in [7, 11) is 6.40. The first-order valence-electron chi connectivity index (χ1n) is 9.45. The quantitative estimate of drug-likeness (QED) is 0.607. The maximum atomic E-state index is 12.7. The highest BCUT2D eigenvalue weighted by atomic mass is 32.1. The summed E-state index contributed by atoms with van der Waals surface area (Å²) in [5, 5.41) is 5.14. The Morgan fingerprint density at radius 1 is 0.900 bits per heavy atom. The van der Waals surface area contributed by atoms with Gasteiger partial charge in [-0.05, 0) is 23.8 Å². The van der Waals surface area contributed by atoms with Gasteiger partial charge in [0.25, 0.3) is 0 Å². The largest absolute Gasteiger partial charge is 0.496 e. The van der Waals surface area contributed by atoms with E-state index < -0.39 is 0 Å². The number of nitrogens with one attached hydrogen (secondary N) is 1. The molecule has 0 aliphatic carbocycles. The van der Waals surface area contributed by atoms with Crippen LogP contribution in [0.4, 0.5) is 5.69 Å². The topological polar surface area (TPSA) is 66.0 Å². The lowest BCUT2D eigenvalue weighted by molar-refractivity contribution is -0.116. The Morgan fingerprint density at radius 3 is 2.20 bits per heavy atom. The molecule has 0 fully saturated rings. The van der Waals surface area contributed by atoms with Gasteiger partial charge < -0.3 is 24.3 Å². The SMILES string of the molecule is COc1ccccc1-c1csc2c1NC(=O)C[C@@H]2c1cc(OC)c(OC)c(OC)c1. The molecule has 2 heterocycles. The third-order valence-corrected chi connectivity index (χ3v) is 6.37. The molecule has 4 rings (SSSR count). The standard InChI is InChI=1S/C23H23NO5S/c1-26-17-8-6-5-7-14(17)16-12-30-23-15(11-20(25)24-21(16)23)13-9-18(27-2)22(29-4)19(10-13)28-3/h5-10,12,15H,11H2,1-4H3,(H,24,25)/t15-/m1/s1. The number of hydrogen-bond acceptors (Lipinski definition) is 6. The van der Waals surface area contributed by atoms with E-state index in [0.717, 1.165) is 33.0 Å². The molecule has 0 saturated heterocycles. The maximum absolute atomic E-state index is 12.7. The van der Waals surface area contributed by atoms with Gasteiger partial charge in [-0.25, -0.2) is 0 Å². The van der Waals surface area contributed by atoms with E-state index in [1.807, 2.05) is 36.4 Å². The highest BCUT2D eigenvalue weighted by Crippen LogP contribution is 2.50. The summed E-state index contributed by atoms with van der Waals surface area (Å²) in [4.78, 5) is 13.7. The van der Waals surface area contributed by atoms with E-state index in [-0.39, 0.29) is 11.8 Å². The number of methoxy groups -OCH3 is 4. The number of fused-ring (bicyclic) bond motifs is 1. The minimum Gasteiger partial charge on any atom is -0.496 e. The van der Waals surface area contributed by atoms with Crippen LogP contribution in [0.3, 0.4) is 0 Å². The fourth-order valence-electron chi connectivity index (χ4n) is 3.86. The van der Waals surface area contributed by atoms with Crippen molar-refractivity contribution in [1.29, 1.82) is 0 Å². The van der Waals surface area contributed by atoms with Gasteiger partial charge in [-0.1, -0.05) is 18.2 Å². The van der Waals surface area contributed by atoms with Crippen LogP contribution < -0.4 is 24.3 Å². The van der Waals surface area contributed by atoms with E-state index in [2.05, 4.69) is 10.7 Å². The van der Waals surface area contributed by atoms with E-state index in [4.69, 9.17) is 18.9 Å². The number of benzene rings is 2. The monoisotopic (exact) mass is 425 g/mol. The fourth-order valence-corrected chi connectivity index (χ4v) is 5.02. The number of carbonyl (C=O) groups is 1. The first-order valence-corrected chi connectivity index (χ1v) is 10.3. The Kier molecular flexibility index (Phi) is 5.55. The molecule has 2 aromatic carbocycles. The fraction of sp³-hybridized carbons (Fsp3) is 0.261. The Balaban J connectivity index is 1.85. The third-order valence-electron chi connectivity index (χ3n) is 5.28. The smallest absolute Gasteiger partial charge is 0.225 e. The van der Waals surface area contributed by atoms with Gasteiger partial charge in [0.05, 0.1) is 34.1 Å². The molecular formula is C23H23NO5S. The van der Waals surface area contributed by atoms with Gasteiger partial charge in [0.1, 0.15) is 5.75 Å². The highest BCUT2D eigenvalue weighted by Gasteiger charge is 2.32. The number of ether oxygens (including phenoxy) is 4. The van der Waals surface area contributed by atoms with E-state index in [0.29, 0.717) is 23.7 Å². The van der Waals surface area contributed by atoms with E-state index in [1.54, 1.807) is 39.8 Å². The van der Waals surface area contributed by atoms with E-state index in [1.165, 1.54) is 0 Å². The Labute approximate surface area is 179 Å². The van der Waals surface area contributed by atoms with Gasteiger partial charge >= 0.3 is 0 Å². The number of anilines is 1. The number of para-hydroxylation sites is 1. The predicted octanol–water partition coefficient (Wildman–Crippen LogP) is 4.92. The van der Waals surface area contributed by atoms with E-state index in [9.17, 15) is 4.79 Å². The van der Waals surface area contributed by atoms with Crippen molar-refractivity contribution in [2.45, 2.75) is 12.3 Å². The molecular weight excluding hydrogens is 402 g/mol. The number of carbonyl (C=O) groups excluding carboxylic acids is 1. The molecule has 30 heavy (non-hydrogen) atoms. The Morgan fingerprint density at radius 2 is 1.57 bits per heavy atom. The molecule has 0 spiro atoms. The molecule has 3 aromatic rings. The summed E-state index contributed by atoms with van der Waals surface area (Å²) in [6.07, 6.45) is 0.345. The minimum absolute atomic E-state index is 0.0317. The molecule has 0 unspecified atom stereocenters. The van der Waals surface area contributed by atoms with Crippen LogP contribution in [0.5, 0.6) is 23.0 Å². The average Bonchev–Trinajstić information content (AvgIpc) is 3.20. The Bertz CT molecular complexity index is 1070. The predicted molar refractivity (Wildman–Crippen MR) is 117 cm³/mol. The van der Waals surface area contributed by atoms with Crippen molar-refractivity contribution in [3.05, 3.63) is 52.2 Å². The Hall–Kier alpha value is -3.19. The molecule has 0 bridgehead atoms. The molecule has 6 nitrogen and oxygen atoms in total. The molecule has 7 heteroatoms. The zero-order chi connectivity index (χ0) is 21.3. The van der Waals surface area contributed by atoms with Crippen molar-refractivity contribution in [3.8, 4) is 34.1 Å². The van der Waals surface area contributed by atoms with Crippen LogP contribution >= 0.6 is 11.3 Å². The summed E-state index contributed by atoms with van der Waals surface area (Å²) in [6, 6.07) is 11.6. The highest BCUT2D eigenvalue weighted by molar-refractivity contribution is 7.11. The van der Waals surface area contributed by atoms with Gasteiger partial charge in [0, 0.05) is 33.7 Å². The van der Waals surface area contributed by atoms with Crippen LogP contribution in [0.15, 0.2) is 41.8 Å². The van der Waals surface area contributed by atoms with E-state index >= 15 is 0 Å². The van der Waals surface area contributed by atoms with Crippen molar-refractivity contribution < 1.29 is 23.7 Å². The van der Waals surface area contributed by atoms with Crippen molar-refractivity contribution in [2.75, 3.05) is 33.8 Å². The summed E-state index contributed by atoms with van der Waals surface area (Å²) in [5.74, 6) is 2.29. The number of thiophene rings is 1. The molecule has 156 valence electrons. The molecule has 1 amide bonds. The molecule has 1 aliphatic rings. The van der Waals surface area contributed by atoms with Crippen LogP contribution in [-0.4, -0.2) is 34.3 Å². The summed E-state index contributed by atoms with van der Waals surface area (Å²) in [5.41, 5.74) is 3.68. The number of rotatable bonds is 6. The van der Waals surface area contributed by atoms with Crippen LogP contribution in [0.2, 0.25) is 0 Å². The molecule has 0 saturated carbocycles. The van der Waals surface area contributed by atoms with Gasteiger partial charge in [0.2, 0.25) is 11.7 Å². The van der Waals surface area contributed by atoms with Crippen molar-refractivity contribution >= 4 is 22.9 Å². The van der Waals surface area contributed by atoms with Gasteiger partial charge in [-0.3, -0.25) is 4.79 Å². The molecule has 1 N–H and O–H groups in total. The van der Waals surface area contributed by atoms with Crippen LogP contribution in [0.25, 0.3) is 11.1 Å². The summed E-state index contributed by atoms with van der Waals surface area (Å²) in [6.45, 7) is 0. The van der Waals surface area contributed by atoms with Gasteiger partial charge in [-0.15, -0.1) is 11.3 Å². The summed E-state index contributed by atoms with van der Waals surface area (Å²) < 4.78 is 22.0. The zero-order valence-corrected chi connectivity index (χ0v) is 18.1. The van der Waals surface area contributed by atoms with Crippen LogP contribution in [0, 0.1) is 0 Å². The number of hydrogen-bond donors (Lipinski definition) is 1. The summed E-state index contributed by atoms with van der Waals surface area (Å²) >= 11 is 1.62. The number of amides is 1. The van der Waals surface area contributed by atoms with Gasteiger partial charge in [0.15, 0.2) is 11.5 Å². The van der Waals surface area contributed by atoms with Crippen molar-refractivity contribution in [1.82, 2.24) is 0 Å². The third kappa shape index (κ3) is 3.35. The van der Waals surface area contributed by atoms with Crippen molar-refractivity contribution in [3.63, 3.8) is 0 Å². The first kappa shape index (κ1) is 20.1. The first-order chi connectivity index (χ1) is 14.6.